The lowest BCUT2D eigenvalue weighted by Crippen LogP contribution is -2.54. The Labute approximate surface area is 129 Å². The second-order valence-electron chi connectivity index (χ2n) is 6.70. The topological polar surface area (TPSA) is 86.7 Å². The lowest BCUT2D eigenvalue weighted by molar-refractivity contribution is -0.134. The van der Waals surface area contributed by atoms with Gasteiger partial charge in [0.2, 0.25) is 0 Å². The zero-order valence-electron chi connectivity index (χ0n) is 13.1. The van der Waals surface area contributed by atoms with Gasteiger partial charge in [0.1, 0.15) is 5.54 Å². The van der Waals surface area contributed by atoms with Crippen LogP contribution in [0.2, 0.25) is 0 Å². The van der Waals surface area contributed by atoms with E-state index in [2.05, 4.69) is 5.32 Å². The van der Waals surface area contributed by atoms with Crippen molar-refractivity contribution in [2.75, 3.05) is 0 Å². The molecule has 1 unspecified atom stereocenters. The number of nitrogens with zero attached hydrogens (tertiary/aromatic N) is 1. The Balaban J connectivity index is 2.28. The predicted molar refractivity (Wildman–Crippen MR) is 80.3 cm³/mol. The van der Waals surface area contributed by atoms with Crippen LogP contribution >= 0.6 is 0 Å². The van der Waals surface area contributed by atoms with Gasteiger partial charge in [0.05, 0.1) is 12.1 Å². The van der Waals surface area contributed by atoms with Crippen LogP contribution in [0, 0.1) is 5.41 Å². The van der Waals surface area contributed by atoms with E-state index >= 15 is 0 Å². The molecule has 0 saturated carbocycles. The summed E-state index contributed by atoms with van der Waals surface area (Å²) in [6.07, 6.45) is 0. The van der Waals surface area contributed by atoms with Crippen molar-refractivity contribution >= 4 is 17.9 Å². The van der Waals surface area contributed by atoms with Gasteiger partial charge in [0.15, 0.2) is 0 Å². The monoisotopic (exact) mass is 304 g/mol. The van der Waals surface area contributed by atoms with Crippen molar-refractivity contribution < 1.29 is 19.5 Å². The van der Waals surface area contributed by atoms with Crippen LogP contribution in [-0.2, 0) is 11.3 Å². The highest BCUT2D eigenvalue weighted by Gasteiger charge is 2.54. The van der Waals surface area contributed by atoms with Gasteiger partial charge < -0.3 is 10.4 Å². The zero-order chi connectivity index (χ0) is 16.7. The fraction of sp³-hybridized carbons (Fsp3) is 0.438. The number of hydrogen-bond donors (Lipinski definition) is 2. The number of benzene rings is 1. The third-order valence-electron chi connectivity index (χ3n) is 4.29. The lowest BCUT2D eigenvalue weighted by Gasteiger charge is -2.35. The molecule has 0 aromatic heterocycles. The van der Waals surface area contributed by atoms with E-state index in [1.165, 1.54) is 12.1 Å². The van der Waals surface area contributed by atoms with Crippen LogP contribution in [0.25, 0.3) is 0 Å². The minimum Gasteiger partial charge on any atom is -0.478 e. The number of carboxylic acids is 1. The minimum atomic E-state index is -1.04. The van der Waals surface area contributed by atoms with Gasteiger partial charge >= 0.3 is 12.0 Å². The summed E-state index contributed by atoms with van der Waals surface area (Å²) in [5.41, 5.74) is -0.684. The number of imide groups is 1. The molecule has 22 heavy (non-hydrogen) atoms. The first kappa shape index (κ1) is 16.0. The number of aromatic carboxylic acids is 1. The summed E-state index contributed by atoms with van der Waals surface area (Å²) in [6.45, 7) is 7.43. The Hall–Kier alpha value is -2.37. The van der Waals surface area contributed by atoms with Crippen molar-refractivity contribution in [2.24, 2.45) is 5.41 Å². The van der Waals surface area contributed by atoms with Crippen molar-refractivity contribution in [3.05, 3.63) is 35.4 Å². The number of amides is 3. The third-order valence-corrected chi connectivity index (χ3v) is 4.29. The van der Waals surface area contributed by atoms with E-state index < -0.39 is 23.0 Å². The summed E-state index contributed by atoms with van der Waals surface area (Å²) in [7, 11) is 0. The molecule has 1 heterocycles. The minimum absolute atomic E-state index is 0.0530. The number of hydrogen-bond acceptors (Lipinski definition) is 3. The normalized spacial score (nSPS) is 21.9. The van der Waals surface area contributed by atoms with E-state index in [-0.39, 0.29) is 18.0 Å². The Morgan fingerprint density at radius 3 is 2.45 bits per heavy atom. The van der Waals surface area contributed by atoms with E-state index in [4.69, 9.17) is 5.11 Å². The Bertz CT molecular complexity index is 648. The van der Waals surface area contributed by atoms with E-state index in [9.17, 15) is 14.4 Å². The smallest absolute Gasteiger partial charge is 0.335 e. The lowest BCUT2D eigenvalue weighted by atomic mass is 9.75. The van der Waals surface area contributed by atoms with E-state index in [0.29, 0.717) is 5.56 Å². The van der Waals surface area contributed by atoms with Gasteiger partial charge in [-0.15, -0.1) is 0 Å². The summed E-state index contributed by atoms with van der Waals surface area (Å²) >= 11 is 0. The highest BCUT2D eigenvalue weighted by molar-refractivity contribution is 6.07. The molecule has 3 amide bonds. The van der Waals surface area contributed by atoms with Gasteiger partial charge in [-0.2, -0.15) is 0 Å². The third kappa shape index (κ3) is 2.56. The quantitative estimate of drug-likeness (QED) is 0.838. The molecule has 1 aliphatic heterocycles. The predicted octanol–water partition coefficient (Wildman–Crippen LogP) is 2.24. The van der Waals surface area contributed by atoms with E-state index in [1.807, 2.05) is 20.8 Å². The van der Waals surface area contributed by atoms with Crippen molar-refractivity contribution in [2.45, 2.75) is 39.8 Å². The molecule has 2 N–H and O–H groups in total. The molecule has 1 aromatic rings. The van der Waals surface area contributed by atoms with Crippen molar-refractivity contribution in [1.82, 2.24) is 10.2 Å². The largest absolute Gasteiger partial charge is 0.478 e. The zero-order valence-corrected chi connectivity index (χ0v) is 13.1. The molecule has 0 aliphatic carbocycles. The summed E-state index contributed by atoms with van der Waals surface area (Å²) in [5, 5.41) is 11.8. The summed E-state index contributed by atoms with van der Waals surface area (Å²) < 4.78 is 0. The maximum absolute atomic E-state index is 12.6. The molecule has 0 radical (unpaired) electrons. The SMILES string of the molecule is CC(C)(C)C1(C)NC(=O)N(Cc2cccc(C(=O)O)c2)C1=O. The van der Waals surface area contributed by atoms with Gasteiger partial charge in [0, 0.05) is 0 Å². The van der Waals surface area contributed by atoms with Gasteiger partial charge in [-0.3, -0.25) is 9.69 Å². The summed E-state index contributed by atoms with van der Waals surface area (Å²) in [5.74, 6) is -1.34. The van der Waals surface area contributed by atoms with Gasteiger partial charge in [-0.25, -0.2) is 9.59 Å². The summed E-state index contributed by atoms with van der Waals surface area (Å²) in [4.78, 5) is 36.9. The first-order valence-electron chi connectivity index (χ1n) is 7.02. The van der Waals surface area contributed by atoms with E-state index in [0.717, 1.165) is 4.90 Å². The fourth-order valence-electron chi connectivity index (χ4n) is 2.33. The highest BCUT2D eigenvalue weighted by Crippen LogP contribution is 2.35. The molecular formula is C16H20N2O4. The average Bonchev–Trinajstić information content (AvgIpc) is 2.63. The van der Waals surface area contributed by atoms with Crippen LogP contribution in [0.4, 0.5) is 4.79 Å². The van der Waals surface area contributed by atoms with Crippen LogP contribution in [-0.4, -0.2) is 33.5 Å². The Kier molecular flexibility index (Phi) is 3.73. The molecule has 1 aliphatic rings. The number of urea groups is 1. The fourth-order valence-corrected chi connectivity index (χ4v) is 2.33. The average molecular weight is 304 g/mol. The molecule has 1 fully saturated rings. The summed E-state index contributed by atoms with van der Waals surface area (Å²) in [6, 6.07) is 5.77. The molecule has 0 bridgehead atoms. The highest BCUT2D eigenvalue weighted by atomic mass is 16.4. The second-order valence-corrected chi connectivity index (χ2v) is 6.70. The number of nitrogens with one attached hydrogen (secondary N) is 1. The van der Waals surface area contributed by atoms with Crippen LogP contribution in [0.1, 0.15) is 43.6 Å². The van der Waals surface area contributed by atoms with Crippen molar-refractivity contribution in [1.29, 1.82) is 0 Å². The maximum atomic E-state index is 12.6. The molecule has 118 valence electrons. The first-order chi connectivity index (χ1) is 10.1. The van der Waals surface area contributed by atoms with Crippen LogP contribution in [0.3, 0.4) is 0 Å². The van der Waals surface area contributed by atoms with Gasteiger partial charge in [0.25, 0.3) is 5.91 Å². The second kappa shape index (κ2) is 5.12. The Morgan fingerprint density at radius 2 is 1.95 bits per heavy atom. The first-order valence-corrected chi connectivity index (χ1v) is 7.02. The molecule has 1 aromatic carbocycles. The van der Waals surface area contributed by atoms with Crippen LogP contribution in [0.5, 0.6) is 0 Å². The number of carbonyl (C=O) groups excluding carboxylic acids is 2. The van der Waals surface area contributed by atoms with Crippen LogP contribution in [0.15, 0.2) is 24.3 Å². The molecular weight excluding hydrogens is 284 g/mol. The Morgan fingerprint density at radius 1 is 1.32 bits per heavy atom. The number of rotatable bonds is 3. The molecule has 2 rings (SSSR count). The van der Waals surface area contributed by atoms with E-state index in [1.54, 1.807) is 19.1 Å². The number of carboxylic acid groups (broad SMARTS) is 1. The number of carbonyl (C=O) groups is 3. The molecule has 6 nitrogen and oxygen atoms in total. The van der Waals surface area contributed by atoms with Gasteiger partial charge in [-0.1, -0.05) is 32.9 Å². The maximum Gasteiger partial charge on any atom is 0.335 e. The van der Waals surface area contributed by atoms with Crippen molar-refractivity contribution in [3.63, 3.8) is 0 Å². The standard InChI is InChI=1S/C16H20N2O4/c1-15(2,3)16(4)13(21)18(14(22)17-16)9-10-6-5-7-11(8-10)12(19)20/h5-8H,9H2,1-4H3,(H,17,22)(H,19,20). The molecule has 0 spiro atoms. The van der Waals surface area contributed by atoms with Gasteiger partial charge in [-0.05, 0) is 30.0 Å². The molecule has 1 atom stereocenters. The molecule has 6 heteroatoms. The van der Waals surface area contributed by atoms with Crippen LogP contribution < -0.4 is 5.32 Å². The van der Waals surface area contributed by atoms with Crippen molar-refractivity contribution in [3.8, 4) is 0 Å². The molecule has 1 saturated heterocycles.